The molecule has 102 valence electrons. The third-order valence-corrected chi connectivity index (χ3v) is 4.47. The molecule has 3 rings (SSSR count). The van der Waals surface area contributed by atoms with Crippen LogP contribution in [0.25, 0.3) is 10.2 Å². The maximum atomic E-state index is 5.99. The summed E-state index contributed by atoms with van der Waals surface area (Å²) in [5, 5.41) is 5.20. The Morgan fingerprint density at radius 1 is 1.15 bits per heavy atom. The zero-order chi connectivity index (χ0) is 14.1. The van der Waals surface area contributed by atoms with Gasteiger partial charge in [-0.25, -0.2) is 4.98 Å². The van der Waals surface area contributed by atoms with E-state index in [1.165, 1.54) is 4.88 Å². The van der Waals surface area contributed by atoms with Gasteiger partial charge in [0.05, 0.1) is 5.39 Å². The van der Waals surface area contributed by atoms with Gasteiger partial charge < -0.3 is 5.32 Å². The summed E-state index contributed by atoms with van der Waals surface area (Å²) >= 11 is 13.5. The fourth-order valence-electron chi connectivity index (χ4n) is 1.88. The second-order valence-corrected chi connectivity index (χ2v) is 6.15. The molecule has 3 nitrogen and oxygen atoms in total. The molecule has 0 aliphatic heterocycles. The Bertz CT molecular complexity index is 753. The van der Waals surface area contributed by atoms with Gasteiger partial charge >= 0.3 is 0 Å². The highest BCUT2D eigenvalue weighted by Crippen LogP contribution is 2.32. The largest absolute Gasteiger partial charge is 0.340 e. The monoisotopic (exact) mass is 323 g/mol. The van der Waals surface area contributed by atoms with E-state index in [0.29, 0.717) is 5.02 Å². The maximum Gasteiger partial charge on any atom is 0.225 e. The quantitative estimate of drug-likeness (QED) is 0.664. The number of fused-ring (bicyclic) bond motifs is 1. The van der Waals surface area contributed by atoms with Gasteiger partial charge in [0, 0.05) is 15.6 Å². The topological polar surface area (TPSA) is 37.8 Å². The number of anilines is 2. The molecule has 0 saturated heterocycles. The number of aromatic nitrogens is 2. The first kappa shape index (κ1) is 13.6. The molecule has 0 aliphatic rings. The summed E-state index contributed by atoms with van der Waals surface area (Å²) in [5.41, 5.74) is 0.912. The molecule has 0 aliphatic carbocycles. The maximum absolute atomic E-state index is 5.99. The SMILES string of the molecule is CCc1cc2c(Nc3ccc(Cl)cc3)nc(Cl)nc2s1. The minimum atomic E-state index is 0.249. The average molecular weight is 324 g/mol. The van der Waals surface area contributed by atoms with Crippen LogP contribution >= 0.6 is 34.5 Å². The average Bonchev–Trinajstić information content (AvgIpc) is 2.84. The summed E-state index contributed by atoms with van der Waals surface area (Å²) < 4.78 is 0. The molecule has 3 aromatic rings. The Morgan fingerprint density at radius 2 is 1.90 bits per heavy atom. The molecule has 0 bridgehead atoms. The van der Waals surface area contributed by atoms with Crippen LogP contribution in [0.4, 0.5) is 11.5 Å². The summed E-state index contributed by atoms with van der Waals surface area (Å²) in [6.07, 6.45) is 0.971. The number of hydrogen-bond acceptors (Lipinski definition) is 4. The minimum absolute atomic E-state index is 0.249. The first-order valence-corrected chi connectivity index (χ1v) is 7.71. The number of rotatable bonds is 3. The Balaban J connectivity index is 2.05. The van der Waals surface area contributed by atoms with Crippen LogP contribution in [0.1, 0.15) is 11.8 Å². The molecule has 6 heteroatoms. The third kappa shape index (κ3) is 2.73. The number of thiophene rings is 1. The van der Waals surface area contributed by atoms with E-state index in [-0.39, 0.29) is 5.28 Å². The fraction of sp³-hybridized carbons (Fsp3) is 0.143. The molecule has 0 saturated carbocycles. The second-order valence-electron chi connectivity index (χ2n) is 4.26. The van der Waals surface area contributed by atoms with E-state index in [1.807, 2.05) is 24.3 Å². The van der Waals surface area contributed by atoms with Crippen LogP contribution in [0.2, 0.25) is 10.3 Å². The van der Waals surface area contributed by atoms with E-state index < -0.39 is 0 Å². The number of nitrogens with one attached hydrogen (secondary N) is 1. The minimum Gasteiger partial charge on any atom is -0.340 e. The zero-order valence-corrected chi connectivity index (χ0v) is 13.0. The Labute approximate surface area is 130 Å². The van der Waals surface area contributed by atoms with Crippen molar-refractivity contribution in [1.29, 1.82) is 0 Å². The van der Waals surface area contributed by atoms with Gasteiger partial charge in [-0.1, -0.05) is 18.5 Å². The van der Waals surface area contributed by atoms with Crippen LogP contribution in [-0.4, -0.2) is 9.97 Å². The Morgan fingerprint density at radius 3 is 2.60 bits per heavy atom. The Hall–Kier alpha value is -1.36. The van der Waals surface area contributed by atoms with Gasteiger partial charge in [0.25, 0.3) is 0 Å². The van der Waals surface area contributed by atoms with E-state index in [2.05, 4.69) is 28.3 Å². The Kier molecular flexibility index (Phi) is 3.78. The number of hydrogen-bond donors (Lipinski definition) is 1. The van der Waals surface area contributed by atoms with Crippen molar-refractivity contribution in [2.75, 3.05) is 5.32 Å². The lowest BCUT2D eigenvalue weighted by Crippen LogP contribution is -1.95. The van der Waals surface area contributed by atoms with Crippen LogP contribution < -0.4 is 5.32 Å². The molecule has 1 N–H and O–H groups in total. The van der Waals surface area contributed by atoms with Gasteiger partial charge in [0.1, 0.15) is 10.6 Å². The molecule has 2 heterocycles. The predicted molar refractivity (Wildman–Crippen MR) is 86.5 cm³/mol. The number of halogens is 2. The van der Waals surface area contributed by atoms with Gasteiger partial charge in [-0.05, 0) is 48.4 Å². The van der Waals surface area contributed by atoms with E-state index in [1.54, 1.807) is 11.3 Å². The molecule has 0 unspecified atom stereocenters. The first-order chi connectivity index (χ1) is 9.65. The molecule has 0 fully saturated rings. The van der Waals surface area contributed by atoms with Crippen molar-refractivity contribution in [3.63, 3.8) is 0 Å². The van der Waals surface area contributed by atoms with E-state index in [0.717, 1.165) is 28.1 Å². The lowest BCUT2D eigenvalue weighted by atomic mass is 10.3. The van der Waals surface area contributed by atoms with Gasteiger partial charge in [-0.15, -0.1) is 11.3 Å². The highest BCUT2D eigenvalue weighted by atomic mass is 35.5. The van der Waals surface area contributed by atoms with Gasteiger partial charge in [-0.3, -0.25) is 0 Å². The van der Waals surface area contributed by atoms with E-state index >= 15 is 0 Å². The highest BCUT2D eigenvalue weighted by Gasteiger charge is 2.10. The molecular weight excluding hydrogens is 313 g/mol. The van der Waals surface area contributed by atoms with Crippen LogP contribution in [0.15, 0.2) is 30.3 Å². The molecule has 0 radical (unpaired) electrons. The predicted octanol–water partition coefficient (Wildman–Crippen LogP) is 5.30. The first-order valence-electron chi connectivity index (χ1n) is 6.14. The molecule has 0 spiro atoms. The van der Waals surface area contributed by atoms with Crippen molar-refractivity contribution in [3.05, 3.63) is 45.5 Å². The molecule has 20 heavy (non-hydrogen) atoms. The molecular formula is C14H11Cl2N3S. The van der Waals surface area contributed by atoms with E-state index in [4.69, 9.17) is 23.2 Å². The molecule has 2 aromatic heterocycles. The zero-order valence-electron chi connectivity index (χ0n) is 10.7. The molecule has 0 amide bonds. The fourth-order valence-corrected chi connectivity index (χ4v) is 3.20. The van der Waals surface area contributed by atoms with Gasteiger partial charge in [0.2, 0.25) is 5.28 Å². The van der Waals surface area contributed by atoms with Gasteiger partial charge in [-0.2, -0.15) is 4.98 Å². The van der Waals surface area contributed by atoms with Crippen LogP contribution in [-0.2, 0) is 6.42 Å². The van der Waals surface area contributed by atoms with Crippen LogP contribution in [0.5, 0.6) is 0 Å². The third-order valence-electron chi connectivity index (χ3n) is 2.87. The van der Waals surface area contributed by atoms with Crippen molar-refractivity contribution in [3.8, 4) is 0 Å². The smallest absolute Gasteiger partial charge is 0.225 e. The summed E-state index contributed by atoms with van der Waals surface area (Å²) in [6, 6.07) is 9.56. The lowest BCUT2D eigenvalue weighted by molar-refractivity contribution is 1.19. The summed E-state index contributed by atoms with van der Waals surface area (Å²) in [4.78, 5) is 10.7. The highest BCUT2D eigenvalue weighted by molar-refractivity contribution is 7.18. The van der Waals surface area contributed by atoms with Gasteiger partial charge in [0.15, 0.2) is 0 Å². The lowest BCUT2D eigenvalue weighted by Gasteiger charge is -2.07. The number of benzene rings is 1. The summed E-state index contributed by atoms with van der Waals surface area (Å²) in [5.74, 6) is 0.721. The van der Waals surface area contributed by atoms with E-state index in [9.17, 15) is 0 Å². The van der Waals surface area contributed by atoms with Crippen LogP contribution in [0.3, 0.4) is 0 Å². The van der Waals surface area contributed by atoms with Crippen molar-refractivity contribution >= 4 is 56.3 Å². The van der Waals surface area contributed by atoms with Crippen molar-refractivity contribution in [1.82, 2.24) is 9.97 Å². The number of aryl methyl sites for hydroxylation is 1. The summed E-state index contributed by atoms with van der Waals surface area (Å²) in [7, 11) is 0. The van der Waals surface area contributed by atoms with Crippen molar-refractivity contribution in [2.45, 2.75) is 13.3 Å². The number of nitrogens with zero attached hydrogens (tertiary/aromatic N) is 2. The normalized spacial score (nSPS) is 10.9. The second kappa shape index (κ2) is 5.56. The summed E-state index contributed by atoms with van der Waals surface area (Å²) in [6.45, 7) is 2.12. The van der Waals surface area contributed by atoms with Crippen LogP contribution in [0, 0.1) is 0 Å². The van der Waals surface area contributed by atoms with Crippen molar-refractivity contribution < 1.29 is 0 Å². The molecule has 0 atom stereocenters. The van der Waals surface area contributed by atoms with Crippen molar-refractivity contribution in [2.24, 2.45) is 0 Å². The standard InChI is InChI=1S/C14H11Cl2N3S/c1-2-10-7-11-12(18-14(16)19-13(11)20-10)17-9-5-3-8(15)4-6-9/h3-7H,2H2,1H3,(H,17,18,19). The molecule has 1 aromatic carbocycles.